The van der Waals surface area contributed by atoms with Crippen LogP contribution in [0.25, 0.3) is 27.8 Å². The first kappa shape index (κ1) is 33.1. The van der Waals surface area contributed by atoms with Crippen molar-refractivity contribution in [1.29, 1.82) is 0 Å². The first-order valence-electron chi connectivity index (χ1n) is 17.7. The van der Waals surface area contributed by atoms with Gasteiger partial charge in [0, 0.05) is 55.9 Å². The molecule has 3 aliphatic heterocycles. The fourth-order valence-corrected chi connectivity index (χ4v) is 7.82. The van der Waals surface area contributed by atoms with E-state index < -0.39 is 17.1 Å². The maximum Gasteiger partial charge on any atom is 0.337 e. The molecule has 1 unspecified atom stereocenters. The maximum absolute atomic E-state index is 14.6. The van der Waals surface area contributed by atoms with Gasteiger partial charge in [-0.25, -0.2) is 18.7 Å². The van der Waals surface area contributed by atoms with E-state index in [0.717, 1.165) is 54.5 Å². The van der Waals surface area contributed by atoms with E-state index in [0.29, 0.717) is 44.8 Å². The first-order valence-corrected chi connectivity index (χ1v) is 17.7. The highest BCUT2D eigenvalue weighted by Gasteiger charge is 2.29. The summed E-state index contributed by atoms with van der Waals surface area (Å²) in [6, 6.07) is 13.9. The van der Waals surface area contributed by atoms with Crippen LogP contribution in [-0.4, -0.2) is 74.1 Å². The van der Waals surface area contributed by atoms with Crippen LogP contribution in [0.3, 0.4) is 0 Å². The van der Waals surface area contributed by atoms with Crippen molar-refractivity contribution < 1.29 is 14.2 Å². The summed E-state index contributed by atoms with van der Waals surface area (Å²) < 4.78 is 22.9. The summed E-state index contributed by atoms with van der Waals surface area (Å²) in [7, 11) is 0. The SMILES string of the molecule is CC1=CC=CC2NC(CNC3CCC(n4c(=O)c5cc(F)cnc5n(-c5cccc(-c6ccc(O)cc6CN6CCOCC6)c5)c4=O)CC3)=CN12. The molecule has 3 N–H and O–H groups in total. The summed E-state index contributed by atoms with van der Waals surface area (Å²) in [4.78, 5) is 37.1. The molecule has 1 aliphatic carbocycles. The highest BCUT2D eigenvalue weighted by Crippen LogP contribution is 2.31. The Morgan fingerprint density at radius 3 is 2.69 bits per heavy atom. The Hall–Kier alpha value is -5.04. The number of rotatable bonds is 8. The number of nitrogens with zero attached hydrogens (tertiary/aromatic N) is 5. The molecule has 2 aromatic carbocycles. The van der Waals surface area contributed by atoms with Crippen LogP contribution < -0.4 is 21.9 Å². The molecule has 12 heteroatoms. The number of pyridine rings is 1. The van der Waals surface area contributed by atoms with E-state index in [4.69, 9.17) is 4.74 Å². The number of benzene rings is 2. The molecule has 0 bridgehead atoms. The van der Waals surface area contributed by atoms with Crippen molar-refractivity contribution in [3.05, 3.63) is 123 Å². The maximum atomic E-state index is 14.6. The lowest BCUT2D eigenvalue weighted by atomic mass is 9.91. The third-order valence-corrected chi connectivity index (χ3v) is 10.5. The lowest BCUT2D eigenvalue weighted by molar-refractivity contribution is 0.0342. The van der Waals surface area contributed by atoms with Crippen molar-refractivity contribution in [2.45, 2.75) is 57.4 Å². The highest BCUT2D eigenvalue weighted by molar-refractivity contribution is 5.77. The molecule has 4 aliphatic rings. The molecular formula is C39H42FN7O4. The average molecular weight is 692 g/mol. The molecule has 264 valence electrons. The molecule has 1 saturated heterocycles. The van der Waals surface area contributed by atoms with E-state index in [9.17, 15) is 19.1 Å². The zero-order valence-electron chi connectivity index (χ0n) is 28.6. The number of aromatic hydroxyl groups is 1. The Bertz CT molecular complexity index is 2180. The average Bonchev–Trinajstić information content (AvgIpc) is 3.57. The number of allylic oxidation sites excluding steroid dienone is 3. The van der Waals surface area contributed by atoms with Crippen LogP contribution in [0.4, 0.5) is 4.39 Å². The molecule has 51 heavy (non-hydrogen) atoms. The van der Waals surface area contributed by atoms with Crippen molar-refractivity contribution in [3.63, 3.8) is 0 Å². The number of morpholine rings is 1. The number of hydrogen-bond donors (Lipinski definition) is 3. The lowest BCUT2D eigenvalue weighted by Crippen LogP contribution is -2.45. The molecule has 8 rings (SSSR count). The Balaban J connectivity index is 1.08. The predicted octanol–water partition coefficient (Wildman–Crippen LogP) is 4.51. The third-order valence-electron chi connectivity index (χ3n) is 10.5. The van der Waals surface area contributed by atoms with Gasteiger partial charge in [0.05, 0.1) is 30.5 Å². The lowest BCUT2D eigenvalue weighted by Gasteiger charge is -2.30. The minimum atomic E-state index is -0.637. The van der Waals surface area contributed by atoms with E-state index in [1.807, 2.05) is 24.3 Å². The van der Waals surface area contributed by atoms with Crippen LogP contribution in [-0.2, 0) is 11.3 Å². The van der Waals surface area contributed by atoms with Crippen molar-refractivity contribution >= 4 is 11.0 Å². The first-order chi connectivity index (χ1) is 24.8. The molecule has 0 spiro atoms. The largest absolute Gasteiger partial charge is 0.508 e. The Morgan fingerprint density at radius 2 is 1.88 bits per heavy atom. The number of ether oxygens (including phenoxy) is 1. The summed E-state index contributed by atoms with van der Waals surface area (Å²) >= 11 is 0. The van der Waals surface area contributed by atoms with Gasteiger partial charge >= 0.3 is 5.69 Å². The molecule has 11 nitrogen and oxygen atoms in total. The van der Waals surface area contributed by atoms with Crippen molar-refractivity contribution in [2.24, 2.45) is 0 Å². The molecule has 5 heterocycles. The molecule has 2 fully saturated rings. The van der Waals surface area contributed by atoms with Gasteiger partial charge in [-0.2, -0.15) is 0 Å². The van der Waals surface area contributed by atoms with Gasteiger partial charge in [0.2, 0.25) is 0 Å². The second-order valence-electron chi connectivity index (χ2n) is 13.8. The van der Waals surface area contributed by atoms with Gasteiger partial charge in [0.1, 0.15) is 17.7 Å². The number of hydrogen-bond acceptors (Lipinski definition) is 9. The smallest absolute Gasteiger partial charge is 0.337 e. The molecule has 2 aromatic heterocycles. The van der Waals surface area contributed by atoms with Crippen molar-refractivity contribution in [2.75, 3.05) is 32.8 Å². The van der Waals surface area contributed by atoms with Crippen molar-refractivity contribution in [3.8, 4) is 22.6 Å². The van der Waals surface area contributed by atoms with Crippen LogP contribution in [0, 0.1) is 5.82 Å². The molecule has 0 radical (unpaired) electrons. The molecule has 1 atom stereocenters. The highest BCUT2D eigenvalue weighted by atomic mass is 19.1. The van der Waals surface area contributed by atoms with Gasteiger partial charge in [0.15, 0.2) is 5.65 Å². The van der Waals surface area contributed by atoms with Gasteiger partial charge in [-0.1, -0.05) is 24.3 Å². The summed E-state index contributed by atoms with van der Waals surface area (Å²) in [5, 5.41) is 17.6. The van der Waals surface area contributed by atoms with E-state index in [2.05, 4.69) is 56.8 Å². The summed E-state index contributed by atoms with van der Waals surface area (Å²) in [6.07, 6.45) is 12.5. The summed E-state index contributed by atoms with van der Waals surface area (Å²) in [5.41, 5.74) is 4.62. The predicted molar refractivity (Wildman–Crippen MR) is 194 cm³/mol. The van der Waals surface area contributed by atoms with Crippen molar-refractivity contribution in [1.82, 2.24) is 34.6 Å². The van der Waals surface area contributed by atoms with E-state index >= 15 is 0 Å². The molecular weight excluding hydrogens is 649 g/mol. The van der Waals surface area contributed by atoms with Gasteiger partial charge in [0.25, 0.3) is 5.56 Å². The molecule has 4 aromatic rings. The standard InChI is InChI=1S/C39H42FN7O4/c1-25-4-2-7-36-43-30(24-45(25)36)22-41-29-8-10-31(11-9-29)47-38(49)35-20-28(40)21-42-37(35)46(39(47)50)32-6-3-5-26(18-32)34-13-12-33(48)19-27(34)23-44-14-16-51-17-15-44/h2-7,12-13,18-21,24,29,31,36,41,43,48H,8-11,14-17,22-23H2,1H3. The normalized spacial score (nSPS) is 22.1. The molecule has 0 amide bonds. The summed E-state index contributed by atoms with van der Waals surface area (Å²) in [5.74, 6) is -0.460. The van der Waals surface area contributed by atoms with Gasteiger partial charge in [-0.15, -0.1) is 0 Å². The van der Waals surface area contributed by atoms with Gasteiger partial charge < -0.3 is 25.4 Å². The zero-order valence-corrected chi connectivity index (χ0v) is 28.6. The fourth-order valence-electron chi connectivity index (χ4n) is 7.82. The molecule has 1 saturated carbocycles. The van der Waals surface area contributed by atoms with Crippen LogP contribution in [0.1, 0.15) is 44.2 Å². The Kier molecular flexibility index (Phi) is 9.05. The second-order valence-corrected chi connectivity index (χ2v) is 13.8. The van der Waals surface area contributed by atoms with E-state index in [1.54, 1.807) is 18.2 Å². The van der Waals surface area contributed by atoms with Gasteiger partial charge in [-0.05, 0) is 91.8 Å². The number of nitrogens with one attached hydrogen (secondary N) is 2. The monoisotopic (exact) mass is 691 g/mol. The second kappa shape index (κ2) is 13.9. The van der Waals surface area contributed by atoms with Crippen LogP contribution in [0.2, 0.25) is 0 Å². The number of fused-ring (bicyclic) bond motifs is 2. The van der Waals surface area contributed by atoms with Crippen LogP contribution in [0.15, 0.2) is 100 Å². The van der Waals surface area contributed by atoms with Gasteiger partial charge in [-0.3, -0.25) is 14.3 Å². The number of halogens is 1. The van der Waals surface area contributed by atoms with Crippen LogP contribution in [0.5, 0.6) is 5.75 Å². The number of phenols is 1. The van der Waals surface area contributed by atoms with Crippen LogP contribution >= 0.6 is 0 Å². The summed E-state index contributed by atoms with van der Waals surface area (Å²) in [6.45, 7) is 6.32. The Morgan fingerprint density at radius 1 is 1.06 bits per heavy atom. The zero-order chi connectivity index (χ0) is 35.1. The third kappa shape index (κ3) is 6.62. The van der Waals surface area contributed by atoms with E-state index in [1.165, 1.54) is 20.9 Å². The minimum Gasteiger partial charge on any atom is -0.508 e. The quantitative estimate of drug-likeness (QED) is 0.246. The van der Waals surface area contributed by atoms with E-state index in [-0.39, 0.29) is 35.0 Å². The topological polar surface area (TPSA) is 117 Å². The number of aromatic nitrogens is 3. The fraction of sp³-hybridized carbons (Fsp3) is 0.359. The Labute approximate surface area is 295 Å². The number of phenolic OH excluding ortho intramolecular Hbond substituents is 1. The minimum absolute atomic E-state index is 0.0620.